The van der Waals surface area contributed by atoms with Crippen molar-refractivity contribution in [2.75, 3.05) is 7.11 Å². The minimum atomic E-state index is -0.470. The maximum atomic E-state index is 13.5. The van der Waals surface area contributed by atoms with Gasteiger partial charge in [-0.3, -0.25) is 4.79 Å². The number of phenols is 2. The Morgan fingerprint density at radius 3 is 2.39 bits per heavy atom. The van der Waals surface area contributed by atoms with Gasteiger partial charge in [0.25, 0.3) is 0 Å². The van der Waals surface area contributed by atoms with Crippen molar-refractivity contribution in [3.8, 4) is 17.2 Å². The summed E-state index contributed by atoms with van der Waals surface area (Å²) in [4.78, 5) is 13.4. The zero-order valence-corrected chi connectivity index (χ0v) is 18.2. The average molecular weight is 425 g/mol. The molecule has 0 aromatic heterocycles. The van der Waals surface area contributed by atoms with E-state index in [-0.39, 0.29) is 40.3 Å². The molecule has 3 rings (SSSR count). The van der Waals surface area contributed by atoms with Crippen LogP contribution in [0.15, 0.2) is 59.7 Å². The number of hydrogen-bond donors (Lipinski definition) is 2. The molecule has 0 amide bonds. The maximum absolute atomic E-state index is 13.5. The molecule has 4 nitrogen and oxygen atoms in total. The predicted molar refractivity (Wildman–Crippen MR) is 119 cm³/mol. The summed E-state index contributed by atoms with van der Waals surface area (Å²) >= 11 is 0. The van der Waals surface area contributed by atoms with Crippen LogP contribution in [0.5, 0.6) is 17.2 Å². The van der Waals surface area contributed by atoms with Crippen molar-refractivity contribution in [1.82, 2.24) is 0 Å². The van der Waals surface area contributed by atoms with Crippen molar-refractivity contribution in [3.63, 3.8) is 0 Å². The van der Waals surface area contributed by atoms with E-state index in [1.54, 1.807) is 12.1 Å². The summed E-state index contributed by atoms with van der Waals surface area (Å²) in [5, 5.41) is 20.8. The minimum Gasteiger partial charge on any atom is -0.507 e. The van der Waals surface area contributed by atoms with E-state index < -0.39 is 5.92 Å². The summed E-state index contributed by atoms with van der Waals surface area (Å²) in [5.41, 5.74) is 3.31. The first-order chi connectivity index (χ1) is 14.8. The fourth-order valence-electron chi connectivity index (χ4n) is 4.21. The highest BCUT2D eigenvalue weighted by Gasteiger charge is 2.35. The molecule has 1 aliphatic carbocycles. The van der Waals surface area contributed by atoms with E-state index in [4.69, 9.17) is 4.74 Å². The number of methoxy groups -OCH3 is 1. The Hall–Kier alpha value is -3.08. The molecule has 0 saturated carbocycles. The summed E-state index contributed by atoms with van der Waals surface area (Å²) in [6.45, 7) is 4.14. The van der Waals surface area contributed by atoms with Crippen molar-refractivity contribution in [3.05, 3.63) is 76.6 Å². The Kier molecular flexibility index (Phi) is 7.16. The van der Waals surface area contributed by atoms with Crippen LogP contribution in [0.25, 0.3) is 0 Å². The molecular formula is C26H29FO4. The van der Waals surface area contributed by atoms with Crippen LogP contribution in [-0.2, 0) is 0 Å². The molecule has 31 heavy (non-hydrogen) atoms. The molecular weight excluding hydrogens is 395 g/mol. The van der Waals surface area contributed by atoms with Gasteiger partial charge in [0, 0.05) is 18.1 Å². The third-order valence-corrected chi connectivity index (χ3v) is 5.83. The van der Waals surface area contributed by atoms with Gasteiger partial charge in [-0.1, -0.05) is 35.4 Å². The molecule has 1 aliphatic rings. The zero-order chi connectivity index (χ0) is 22.5. The highest BCUT2D eigenvalue weighted by Crippen LogP contribution is 2.43. The monoisotopic (exact) mass is 424 g/mol. The number of rotatable bonds is 7. The normalized spacial score (nSPS) is 18.3. The molecule has 2 N–H and O–H groups in total. The Morgan fingerprint density at radius 1 is 1.16 bits per heavy atom. The molecule has 0 unspecified atom stereocenters. The minimum absolute atomic E-state index is 0.0979. The lowest BCUT2D eigenvalue weighted by Gasteiger charge is -2.31. The molecule has 0 spiro atoms. The summed E-state index contributed by atoms with van der Waals surface area (Å²) in [5.74, 6) is -1.63. The maximum Gasteiger partial charge on any atom is 0.174 e. The zero-order valence-electron chi connectivity index (χ0n) is 18.2. The smallest absolute Gasteiger partial charge is 0.174 e. The summed E-state index contributed by atoms with van der Waals surface area (Å²) in [6, 6.07) is 8.88. The fourth-order valence-corrected chi connectivity index (χ4v) is 4.21. The van der Waals surface area contributed by atoms with Crippen molar-refractivity contribution >= 4 is 5.78 Å². The van der Waals surface area contributed by atoms with E-state index in [1.165, 1.54) is 42.5 Å². The van der Waals surface area contributed by atoms with Gasteiger partial charge in [0.05, 0.1) is 7.11 Å². The molecule has 164 valence electrons. The lowest BCUT2D eigenvalue weighted by atomic mass is 9.72. The molecule has 0 bridgehead atoms. The van der Waals surface area contributed by atoms with E-state index in [1.807, 2.05) is 0 Å². The number of ketones is 1. The number of halogens is 1. The summed E-state index contributed by atoms with van der Waals surface area (Å²) < 4.78 is 18.6. The number of benzene rings is 2. The molecule has 2 aromatic carbocycles. The van der Waals surface area contributed by atoms with Gasteiger partial charge >= 0.3 is 0 Å². The van der Waals surface area contributed by atoms with Gasteiger partial charge in [0.2, 0.25) is 0 Å². The van der Waals surface area contributed by atoms with Crippen LogP contribution < -0.4 is 4.74 Å². The number of carbonyl (C=O) groups excluding carboxylic acids is 1. The van der Waals surface area contributed by atoms with Crippen LogP contribution in [-0.4, -0.2) is 23.1 Å². The highest BCUT2D eigenvalue weighted by molar-refractivity contribution is 6.03. The van der Waals surface area contributed by atoms with Crippen LogP contribution in [0.2, 0.25) is 0 Å². The van der Waals surface area contributed by atoms with Crippen LogP contribution >= 0.6 is 0 Å². The lowest BCUT2D eigenvalue weighted by Crippen LogP contribution is -2.26. The topological polar surface area (TPSA) is 66.8 Å². The van der Waals surface area contributed by atoms with Gasteiger partial charge < -0.3 is 14.9 Å². The van der Waals surface area contributed by atoms with Crippen LogP contribution in [0.3, 0.4) is 0 Å². The van der Waals surface area contributed by atoms with Gasteiger partial charge in [0.15, 0.2) is 5.78 Å². The van der Waals surface area contributed by atoms with Crippen LogP contribution in [0, 0.1) is 11.7 Å². The second kappa shape index (κ2) is 9.82. The Balaban J connectivity index is 1.94. The average Bonchev–Trinajstić information content (AvgIpc) is 2.73. The number of Topliss-reactive ketones (excluding diaryl/α,β-unsaturated/α-hetero) is 1. The molecule has 5 heteroatoms. The first kappa shape index (κ1) is 22.6. The Bertz CT molecular complexity index is 978. The van der Waals surface area contributed by atoms with Crippen LogP contribution in [0.4, 0.5) is 4.39 Å². The Morgan fingerprint density at radius 2 is 1.81 bits per heavy atom. The van der Waals surface area contributed by atoms with Crippen molar-refractivity contribution in [2.24, 2.45) is 5.92 Å². The van der Waals surface area contributed by atoms with Gasteiger partial charge in [-0.05, 0) is 63.1 Å². The summed E-state index contributed by atoms with van der Waals surface area (Å²) in [7, 11) is 1.42. The molecule has 2 aromatic rings. The van der Waals surface area contributed by atoms with Crippen molar-refractivity contribution < 1.29 is 24.1 Å². The van der Waals surface area contributed by atoms with Crippen molar-refractivity contribution in [1.29, 1.82) is 0 Å². The molecule has 0 heterocycles. The SMILES string of the molecule is COc1cc(O)c(C(=O)[C@H]2CC=C(CCC=C(C)C)C[C@@H]2c2ccc(F)cc2)c(O)c1. The number of phenolic OH excluding ortho intramolecular Hbond substituents is 2. The first-order valence-corrected chi connectivity index (χ1v) is 10.5. The Labute approximate surface area is 182 Å². The van der Waals surface area contributed by atoms with Gasteiger partial charge in [-0.15, -0.1) is 0 Å². The fraction of sp³-hybridized carbons (Fsp3) is 0.346. The predicted octanol–water partition coefficient (Wildman–Crippen LogP) is 6.29. The van der Waals surface area contributed by atoms with Crippen molar-refractivity contribution in [2.45, 2.75) is 45.4 Å². The highest BCUT2D eigenvalue weighted by atomic mass is 19.1. The third-order valence-electron chi connectivity index (χ3n) is 5.83. The lowest BCUT2D eigenvalue weighted by molar-refractivity contribution is 0.0889. The number of aromatic hydroxyl groups is 2. The molecule has 2 atom stereocenters. The largest absolute Gasteiger partial charge is 0.507 e. The number of allylic oxidation sites excluding steroid dienone is 4. The molecule has 0 aliphatic heterocycles. The standard InChI is InChI=1S/C26H29FO4/c1-16(2)5-4-6-17-7-12-21(22(13-17)18-8-10-19(27)11-9-18)26(30)25-23(28)14-20(31-3)15-24(25)29/h5,7-11,14-15,21-22,28-29H,4,6,12-13H2,1-3H3/t21-,22+/m0/s1. The number of carbonyl (C=O) groups is 1. The van der Waals surface area contributed by atoms with E-state index in [0.29, 0.717) is 12.8 Å². The molecule has 0 saturated heterocycles. The number of ether oxygens (including phenoxy) is 1. The van der Waals surface area contributed by atoms with E-state index >= 15 is 0 Å². The number of hydrogen-bond acceptors (Lipinski definition) is 4. The third kappa shape index (κ3) is 5.35. The molecule has 0 fully saturated rings. The van der Waals surface area contributed by atoms with Crippen LogP contribution in [0.1, 0.15) is 61.4 Å². The van der Waals surface area contributed by atoms with Gasteiger partial charge in [-0.25, -0.2) is 4.39 Å². The first-order valence-electron chi connectivity index (χ1n) is 10.5. The quantitative estimate of drug-likeness (QED) is 0.405. The van der Waals surface area contributed by atoms with Gasteiger partial charge in [-0.2, -0.15) is 0 Å². The molecule has 0 radical (unpaired) electrons. The second-order valence-corrected chi connectivity index (χ2v) is 8.29. The van der Waals surface area contributed by atoms with E-state index in [2.05, 4.69) is 26.0 Å². The second-order valence-electron chi connectivity index (χ2n) is 8.29. The van der Waals surface area contributed by atoms with Gasteiger partial charge in [0.1, 0.15) is 28.6 Å². The van der Waals surface area contributed by atoms with E-state index in [0.717, 1.165) is 18.4 Å². The summed E-state index contributed by atoms with van der Waals surface area (Å²) in [6.07, 6.45) is 7.30. The van der Waals surface area contributed by atoms with E-state index in [9.17, 15) is 19.4 Å².